The van der Waals surface area contributed by atoms with Crippen molar-refractivity contribution < 1.29 is 108 Å². The number of hydrogen-bond acceptors (Lipinski definition) is 31. The molecule has 40 nitrogen and oxygen atoms in total. The third kappa shape index (κ3) is 31.1. The van der Waals surface area contributed by atoms with Gasteiger partial charge in [0, 0.05) is 43.5 Å². The van der Waals surface area contributed by atoms with Crippen molar-refractivity contribution in [3.8, 4) is 0 Å². The Hall–Kier alpha value is -8.00. The highest BCUT2D eigenvalue weighted by molar-refractivity contribution is 7.73. The average molecular weight is 1900 g/mol. The molecule has 20 atom stereocenters. The van der Waals surface area contributed by atoms with Crippen LogP contribution in [0.25, 0.3) is 12.2 Å². The number of aromatic amines is 4. The number of esters is 1. The molecule has 714 valence electrons. The van der Waals surface area contributed by atoms with Gasteiger partial charge in [0.05, 0.1) is 53.6 Å². The van der Waals surface area contributed by atoms with Gasteiger partial charge < -0.3 is 89.7 Å². The molecule has 10 heterocycles. The van der Waals surface area contributed by atoms with Crippen LogP contribution in [0.1, 0.15) is 136 Å². The summed E-state index contributed by atoms with van der Waals surface area (Å²) >= 11 is 0. The summed E-state index contributed by atoms with van der Waals surface area (Å²) in [4.78, 5) is 175. The van der Waals surface area contributed by atoms with Crippen molar-refractivity contribution in [3.05, 3.63) is 167 Å². The molecule has 4 aromatic rings. The molecule has 10 rings (SSSR count). The van der Waals surface area contributed by atoms with Crippen molar-refractivity contribution in [1.82, 2.24) is 48.4 Å². The summed E-state index contributed by atoms with van der Waals surface area (Å²) in [6, 6.07) is 0. The summed E-state index contributed by atoms with van der Waals surface area (Å²) in [6.45, 7) is 24.4. The largest absolute Gasteiger partial charge is 0.457 e. The minimum absolute atomic E-state index is 0.0679. The molecule has 5 saturated heterocycles. The minimum atomic E-state index is -1.43. The number of ketones is 4. The van der Waals surface area contributed by atoms with Crippen molar-refractivity contribution >= 4 is 113 Å². The Morgan fingerprint density at radius 3 is 1.02 bits per heavy atom. The molecule has 4 aromatic heterocycles. The van der Waals surface area contributed by atoms with Crippen LogP contribution in [-0.4, -0.2) is 363 Å². The van der Waals surface area contributed by atoms with Gasteiger partial charge in [-0.2, -0.15) is 0 Å². The van der Waals surface area contributed by atoms with Gasteiger partial charge in [0.25, 0.3) is 28.1 Å². The molecule has 1 amide bonds. The number of aromatic nitrogens is 8. The number of allylic oxidation sites excluding steroid dienone is 2. The fourth-order valence-electron chi connectivity index (χ4n) is 13.6. The van der Waals surface area contributed by atoms with Crippen LogP contribution in [0.3, 0.4) is 0 Å². The molecule has 0 spiro atoms. The van der Waals surface area contributed by atoms with Crippen LogP contribution in [-0.2, 0) is 47.6 Å². The highest BCUT2D eigenvalue weighted by Crippen LogP contribution is 2.44. The Bertz CT molecular complexity index is 5570. The summed E-state index contributed by atoms with van der Waals surface area (Å²) in [5.74, 6) is -2.84. The summed E-state index contributed by atoms with van der Waals surface area (Å²) in [6.07, 6.45) is 18.5. The van der Waals surface area contributed by atoms with E-state index in [-0.39, 0.29) is 22.8 Å². The van der Waals surface area contributed by atoms with E-state index in [1.54, 1.807) is 30.2 Å². The maximum Gasteiger partial charge on any atom is 0.330 e. The Labute approximate surface area is 739 Å². The Balaban J connectivity index is 0.000000247. The number of nitrogens with one attached hydrogen (secondary N) is 5. The predicted octanol–water partition coefficient (Wildman–Crippen LogP) is -0.707. The number of carbonyl (C=O) groups excluding carboxylic acids is 6. The zero-order valence-corrected chi connectivity index (χ0v) is 79.3. The van der Waals surface area contributed by atoms with Gasteiger partial charge in [-0.3, -0.25) is 86.1 Å². The van der Waals surface area contributed by atoms with E-state index in [4.69, 9.17) is 23.7 Å². The van der Waals surface area contributed by atoms with Crippen LogP contribution in [0.4, 0.5) is 0 Å². The van der Waals surface area contributed by atoms with Crippen LogP contribution in [0.5, 0.6) is 0 Å². The molecule has 6 aliphatic rings. The average Bonchev–Trinajstić information content (AvgIpc) is 1.46. The number of rotatable bonds is 30. The monoisotopic (exact) mass is 1900 g/mol. The fraction of sp³-hybridized carbons (Fsp3) is 0.578. The first kappa shape index (κ1) is 109. The van der Waals surface area contributed by atoms with Crippen molar-refractivity contribution in [2.45, 2.75) is 202 Å². The van der Waals surface area contributed by atoms with Gasteiger partial charge >= 0.3 is 28.7 Å². The maximum atomic E-state index is 12.2. The molecular weight excluding hydrogens is 1770 g/mol. The first-order valence-corrected chi connectivity index (χ1v) is 56.2. The molecule has 0 radical (unpaired) electrons. The first-order chi connectivity index (χ1) is 59.0. The van der Waals surface area contributed by atoms with Crippen molar-refractivity contribution in [2.75, 3.05) is 104 Å². The van der Waals surface area contributed by atoms with Gasteiger partial charge in [-0.05, 0) is 169 Å². The Kier molecular flexibility index (Phi) is 39.0. The molecule has 0 bridgehead atoms. The Morgan fingerprint density at radius 1 is 0.430 bits per heavy atom. The molecule has 45 heteroatoms. The summed E-state index contributed by atoms with van der Waals surface area (Å²) in [5, 5.41) is 105. The summed E-state index contributed by atoms with van der Waals surface area (Å²) < 4.78 is 37.1. The number of H-pyrrole nitrogens is 4. The zero-order chi connectivity index (χ0) is 96.8. The molecule has 128 heavy (non-hydrogen) atoms. The molecular formula is C83H127N10O30P5. The predicted molar refractivity (Wildman–Crippen MR) is 499 cm³/mol. The van der Waals surface area contributed by atoms with Crippen LogP contribution in [0, 0.1) is 0 Å². The second-order valence-electron chi connectivity index (χ2n) is 35.8. The van der Waals surface area contributed by atoms with Gasteiger partial charge in [0.15, 0.2) is 49.3 Å². The van der Waals surface area contributed by atoms with Gasteiger partial charge in [0.1, 0.15) is 78.2 Å². The molecule has 6 aliphatic heterocycles. The third-order valence-electron chi connectivity index (χ3n) is 20.8. The van der Waals surface area contributed by atoms with Crippen molar-refractivity contribution in [3.63, 3.8) is 0 Å². The SMILES string of the molecule is C=C1NC(=O)C(C)=CN1[C@@H]1O[C@H](CCP(=C)(C)C)[C@@H](O)[C@H]1O.C=P(C)(C)CC[C@H]1O[C@@H](n2cc(/C=C/C(C)=O)c(=O)[nH]c2=O)[C@H](O)[C@@H]1O.C=P(C)(C)CC[C@H]1O[C@@H](n2cc(/C=C/CC)c(=O)[nH]c2=O)[C@H](O)[C@@H]1O.C=P(C)(C)CC[C@H]1O[C@@H](n2cc(C(=O)CC(C)=O)c(=O)[nH]c2=O)[C@H](O)[C@@H]1O.C=P(C)(C)CC[C@H]1O[C@@H](n2cc(C(=O)COC(C)=O)c(=O)[nH]c2=O)[C@H](O)[C@@H]1O. The van der Waals surface area contributed by atoms with E-state index < -0.39 is 244 Å². The molecule has 5 fully saturated rings. The van der Waals surface area contributed by atoms with E-state index in [2.05, 4.69) is 98.1 Å². The number of carbonyl (C=O) groups is 6. The quantitative estimate of drug-likeness (QED) is 0.0101. The van der Waals surface area contributed by atoms with Gasteiger partial charge in [-0.15, -0.1) is 65.9 Å². The molecule has 0 saturated carbocycles. The number of nitrogens with zero attached hydrogens (tertiary/aromatic N) is 5. The number of amides is 1. The van der Waals surface area contributed by atoms with E-state index >= 15 is 0 Å². The van der Waals surface area contributed by atoms with Crippen LogP contribution < -0.4 is 50.3 Å². The first-order valence-electron chi connectivity index (χ1n) is 40.9. The lowest BCUT2D eigenvalue weighted by Gasteiger charge is -2.34. The normalized spacial score (nSPS) is 27.2. The molecule has 15 N–H and O–H groups in total. The lowest BCUT2D eigenvalue weighted by molar-refractivity contribution is -0.139. The van der Waals surface area contributed by atoms with Crippen LogP contribution >= 0.6 is 34.4 Å². The highest BCUT2D eigenvalue weighted by atomic mass is 31.2. The summed E-state index contributed by atoms with van der Waals surface area (Å²) in [7, 11) is 0. The number of Topliss-reactive ketones (excluding diaryl/α,β-unsaturated/α-hetero) is 3. The maximum absolute atomic E-state index is 12.2. The molecule has 0 unspecified atom stereocenters. The Morgan fingerprint density at radius 2 is 0.719 bits per heavy atom. The lowest BCUT2D eigenvalue weighted by atomic mass is 10.1. The number of aliphatic hydroxyl groups excluding tert-OH is 10. The van der Waals surface area contributed by atoms with Crippen LogP contribution in [0.2, 0.25) is 0 Å². The van der Waals surface area contributed by atoms with E-state index in [1.807, 2.05) is 43.6 Å². The zero-order valence-electron chi connectivity index (χ0n) is 74.8. The number of ether oxygens (including phenoxy) is 6. The number of hydrogen-bond donors (Lipinski definition) is 15. The third-order valence-corrected chi connectivity index (χ3v) is 28.1. The second-order valence-corrected chi connectivity index (χ2v) is 57.4. The standard InChI is InChI=1S/C17H25N2O8P.C17H25N2O7P.C17H25N2O6P.C17H27N2O5P.C15H25N2O4P/c1-9(20)26-8-11(21)10-7-19(17(25)18-15(10)24)16-14(23)13(22)12(27-16)5-6-28(2,3)4;1-9(20)7-11(21)10-8-19(17(25)18-15(10)24)16-14(23)13(22)12(26-16)5-6-27(2,3)4;1-10(20)5-6-11-9-19(17(24)18-15(11)23)16-14(22)13(21)12(25-16)7-8-26(2,3)4;1-5-6-7-11-10-19(17(23)18-15(11)22)16-14(21)13(20)12(24-16)8-9-25(2,3)4;1-9-8-17(10(2)16-14(9)20)15-13(19)12(18)11(21-15)6-7-22(3,4)5/h7,12-14,16,22-23H,2,5-6,8H2,1,3-4H3,(H,18,24,25);8,12-14,16,22-23H,2,5-7H2,1,3-4H3,(H,18,24,25);5-6,9,12-14,16,21-22H,2,7-8H2,1,3-4H3,(H,18,23,24);6-7,10,12-14,16,20-21H,2,5,8-9H2,1,3-4H3,(H,18,22,23);8,11-13,15,18-19H,2-3,6-7H2,1,4-5H3,(H,16,20)/b;;6-5+;7-6+;/t4*12-,13-,14-,16-;11-,12-,13-,15-/m11111/s1. The molecule has 0 aromatic carbocycles. The van der Waals surface area contributed by atoms with Gasteiger partial charge in [0.2, 0.25) is 5.78 Å². The van der Waals surface area contributed by atoms with Gasteiger partial charge in [-0.25, -0.2) is 19.2 Å². The second kappa shape index (κ2) is 45.9. The van der Waals surface area contributed by atoms with E-state index in [1.165, 1.54) is 38.4 Å². The summed E-state index contributed by atoms with van der Waals surface area (Å²) in [5.41, 5.74) is -6.24. The van der Waals surface area contributed by atoms with Crippen molar-refractivity contribution in [1.29, 1.82) is 0 Å². The van der Waals surface area contributed by atoms with Gasteiger partial charge in [-0.1, -0.05) is 25.7 Å². The van der Waals surface area contributed by atoms with Crippen molar-refractivity contribution in [2.24, 2.45) is 0 Å². The highest BCUT2D eigenvalue weighted by Gasteiger charge is 2.50. The smallest absolute Gasteiger partial charge is 0.330 e. The van der Waals surface area contributed by atoms with Crippen LogP contribution in [0.15, 0.2) is 99.5 Å². The minimum Gasteiger partial charge on any atom is -0.457 e. The molecule has 0 aliphatic carbocycles. The lowest BCUT2D eigenvalue weighted by Crippen LogP contribution is -2.47. The van der Waals surface area contributed by atoms with E-state index in [0.29, 0.717) is 55.2 Å². The van der Waals surface area contributed by atoms with E-state index in [9.17, 15) is 118 Å². The van der Waals surface area contributed by atoms with E-state index in [0.717, 1.165) is 68.7 Å². The fourth-order valence-corrected chi connectivity index (χ4v) is 18.4. The topological polar surface area (TPSA) is 595 Å². The number of aliphatic hydroxyl groups is 10.